The summed E-state index contributed by atoms with van der Waals surface area (Å²) >= 11 is 0. The van der Waals surface area contributed by atoms with Crippen LogP contribution in [0.2, 0.25) is 0 Å². The fraction of sp³-hybridized carbons (Fsp3) is 0.167. The minimum Gasteiger partial charge on any atom is -0.512 e. The maximum Gasteiger partial charge on any atom is 0.155 e. The summed E-state index contributed by atoms with van der Waals surface area (Å²) in [6.07, 6.45) is 9.59. The molecule has 0 bridgehead atoms. The average Bonchev–Trinajstić information content (AvgIpc) is 3.15. The van der Waals surface area contributed by atoms with Crippen molar-refractivity contribution in [2.24, 2.45) is 7.05 Å². The number of ketones is 1. The van der Waals surface area contributed by atoms with Gasteiger partial charge < -0.3 is 19.2 Å². The zero-order valence-electron chi connectivity index (χ0n) is 14.2. The smallest absolute Gasteiger partial charge is 0.155 e. The van der Waals surface area contributed by atoms with Crippen molar-refractivity contribution in [3.63, 3.8) is 0 Å². The number of rotatable bonds is 3. The zero-order valence-corrected chi connectivity index (χ0v) is 16.6. The molecule has 7 heteroatoms. The van der Waals surface area contributed by atoms with Gasteiger partial charge in [-0.25, -0.2) is 0 Å². The Bertz CT molecular complexity index is 834. The summed E-state index contributed by atoms with van der Waals surface area (Å²) in [5, 5.41) is 8.36. The van der Waals surface area contributed by atoms with Crippen LogP contribution in [0.3, 0.4) is 0 Å². The van der Waals surface area contributed by atoms with Crippen LogP contribution in [0.1, 0.15) is 13.8 Å². The van der Waals surface area contributed by atoms with Gasteiger partial charge in [0.05, 0.1) is 12.1 Å². The van der Waals surface area contributed by atoms with Gasteiger partial charge in [-0.3, -0.25) is 9.78 Å². The number of hydrogen-bond donors (Lipinski definition) is 1. The van der Waals surface area contributed by atoms with Crippen molar-refractivity contribution in [3.8, 4) is 17.2 Å². The predicted octanol–water partition coefficient (Wildman–Crippen LogP) is 3.11. The second kappa shape index (κ2) is 9.71. The normalized spacial score (nSPS) is 10.4. The Balaban J connectivity index is 0.000000339. The van der Waals surface area contributed by atoms with E-state index in [0.29, 0.717) is 0 Å². The summed E-state index contributed by atoms with van der Waals surface area (Å²) < 4.78 is 3.76. The van der Waals surface area contributed by atoms with Crippen molar-refractivity contribution in [3.05, 3.63) is 67.1 Å². The number of aliphatic hydroxyl groups excluding tert-OH is 1. The number of nitrogens with zero attached hydrogens (tertiary/aromatic N) is 4. The predicted molar refractivity (Wildman–Crippen MR) is 91.7 cm³/mol. The molecule has 2 heterocycles. The van der Waals surface area contributed by atoms with Gasteiger partial charge in [-0.05, 0) is 31.8 Å². The second-order valence-electron chi connectivity index (χ2n) is 5.21. The molecule has 0 spiro atoms. The summed E-state index contributed by atoms with van der Waals surface area (Å²) in [6.45, 7) is 2.85. The van der Waals surface area contributed by atoms with Crippen molar-refractivity contribution in [1.82, 2.24) is 19.1 Å². The van der Waals surface area contributed by atoms with Crippen LogP contribution >= 0.6 is 0 Å². The molecule has 0 unspecified atom stereocenters. The molecule has 0 amide bonds. The van der Waals surface area contributed by atoms with Gasteiger partial charge in [0, 0.05) is 44.9 Å². The van der Waals surface area contributed by atoms with Crippen molar-refractivity contribution in [1.29, 1.82) is 0 Å². The summed E-state index contributed by atoms with van der Waals surface area (Å²) in [6, 6.07) is 10.0. The summed E-state index contributed by atoms with van der Waals surface area (Å²) in [7, 11) is 1.94. The molecule has 3 rings (SSSR count). The minimum absolute atomic E-state index is 0. The number of allylic oxidation sites excluding steroid dienone is 2. The maximum atomic E-state index is 10.0. The van der Waals surface area contributed by atoms with Gasteiger partial charge in [0.1, 0.15) is 0 Å². The fourth-order valence-corrected chi connectivity index (χ4v) is 2.04. The van der Waals surface area contributed by atoms with Crippen LogP contribution in [0.4, 0.5) is 0 Å². The molecule has 133 valence electrons. The Kier molecular flexibility index (Phi) is 7.98. The van der Waals surface area contributed by atoms with Gasteiger partial charge in [0.15, 0.2) is 5.78 Å². The quantitative estimate of drug-likeness (QED) is 0.331. The van der Waals surface area contributed by atoms with Crippen LogP contribution in [0.5, 0.6) is 0 Å². The molecule has 0 fully saturated rings. The standard InChI is InChI=1S/C13H11N4.C5H8O2.Ir/c1-16-9-12(15-10-16)17-8-7-14-13(17)11-5-3-2-4-6-11;1-4(6)3-5(2)7;/h2-7,9-10H,1H3;3,6H,1-2H3;/q-1;;/b;4-3-;. The molecular formula is C18H19IrN4O2-. The van der Waals surface area contributed by atoms with Gasteiger partial charge in [0.25, 0.3) is 0 Å². The van der Waals surface area contributed by atoms with E-state index in [4.69, 9.17) is 5.11 Å². The Morgan fingerprint density at radius 2 is 1.88 bits per heavy atom. The van der Waals surface area contributed by atoms with E-state index in [-0.39, 0.29) is 31.6 Å². The molecule has 0 aliphatic heterocycles. The molecule has 1 aromatic carbocycles. The number of carbonyl (C=O) groups is 1. The molecular weight excluding hydrogens is 496 g/mol. The van der Waals surface area contributed by atoms with Crippen molar-refractivity contribution < 1.29 is 30.0 Å². The van der Waals surface area contributed by atoms with E-state index >= 15 is 0 Å². The van der Waals surface area contributed by atoms with E-state index in [1.807, 2.05) is 52.7 Å². The van der Waals surface area contributed by atoms with E-state index in [1.54, 1.807) is 12.5 Å². The molecule has 0 saturated heterocycles. The van der Waals surface area contributed by atoms with Crippen LogP contribution in [0.15, 0.2) is 60.9 Å². The number of imidazole rings is 2. The van der Waals surface area contributed by atoms with Gasteiger partial charge in [-0.15, -0.1) is 0 Å². The molecule has 3 aromatic rings. The van der Waals surface area contributed by atoms with E-state index < -0.39 is 0 Å². The van der Waals surface area contributed by atoms with Gasteiger partial charge in [0.2, 0.25) is 0 Å². The van der Waals surface area contributed by atoms with Crippen LogP contribution in [0.25, 0.3) is 17.2 Å². The van der Waals surface area contributed by atoms with Crippen molar-refractivity contribution >= 4 is 5.78 Å². The number of carbonyl (C=O) groups excluding carboxylic acids is 1. The third-order valence-corrected chi connectivity index (χ3v) is 2.95. The Labute approximate surface area is 160 Å². The summed E-state index contributed by atoms with van der Waals surface area (Å²) in [5.41, 5.74) is 1.06. The minimum atomic E-state index is -0.125. The Morgan fingerprint density at radius 3 is 2.36 bits per heavy atom. The largest absolute Gasteiger partial charge is 0.512 e. The SMILES string of the molecule is CC(=O)/C=C(/C)O.Cn1cnc(-n2[c-]cnc2-c2ccccc2)c1.[Ir]. The first-order valence-corrected chi connectivity index (χ1v) is 7.34. The van der Waals surface area contributed by atoms with Crippen LogP contribution in [-0.2, 0) is 31.9 Å². The van der Waals surface area contributed by atoms with Gasteiger partial charge in [-0.2, -0.15) is 0 Å². The molecule has 1 radical (unpaired) electrons. The number of aromatic nitrogens is 4. The van der Waals surface area contributed by atoms with Crippen molar-refractivity contribution in [2.45, 2.75) is 13.8 Å². The number of aryl methyl sites for hydroxylation is 1. The number of benzene rings is 1. The molecule has 2 aromatic heterocycles. The average molecular weight is 516 g/mol. The molecule has 0 atom stereocenters. The van der Waals surface area contributed by atoms with Gasteiger partial charge >= 0.3 is 0 Å². The fourth-order valence-electron chi connectivity index (χ4n) is 2.04. The molecule has 25 heavy (non-hydrogen) atoms. The van der Waals surface area contributed by atoms with Gasteiger partial charge in [-0.1, -0.05) is 36.5 Å². The van der Waals surface area contributed by atoms with Crippen molar-refractivity contribution in [2.75, 3.05) is 0 Å². The molecule has 1 N–H and O–H groups in total. The first kappa shape index (κ1) is 20.5. The van der Waals surface area contributed by atoms with E-state index in [9.17, 15) is 4.79 Å². The first-order chi connectivity index (χ1) is 11.5. The van der Waals surface area contributed by atoms with Crippen LogP contribution < -0.4 is 0 Å². The first-order valence-electron chi connectivity index (χ1n) is 7.34. The summed E-state index contributed by atoms with van der Waals surface area (Å²) in [4.78, 5) is 18.6. The topological polar surface area (TPSA) is 72.9 Å². The Hall–Kier alpha value is -2.50. The second-order valence-corrected chi connectivity index (χ2v) is 5.21. The Morgan fingerprint density at radius 1 is 1.20 bits per heavy atom. The third-order valence-electron chi connectivity index (χ3n) is 2.95. The van der Waals surface area contributed by atoms with Crippen LogP contribution in [-0.4, -0.2) is 30.0 Å². The molecule has 0 aliphatic rings. The number of hydrogen-bond acceptors (Lipinski definition) is 4. The monoisotopic (exact) mass is 516 g/mol. The van der Waals surface area contributed by atoms with Crippen LogP contribution in [0, 0.1) is 6.20 Å². The summed E-state index contributed by atoms with van der Waals surface area (Å²) in [5.74, 6) is 1.61. The zero-order chi connectivity index (χ0) is 17.5. The molecule has 0 aliphatic carbocycles. The maximum absolute atomic E-state index is 10.0. The molecule has 6 nitrogen and oxygen atoms in total. The van der Waals surface area contributed by atoms with E-state index in [1.165, 1.54) is 19.9 Å². The number of aliphatic hydroxyl groups is 1. The molecule has 0 saturated carbocycles. The van der Waals surface area contributed by atoms with E-state index in [0.717, 1.165) is 17.2 Å². The third kappa shape index (κ3) is 6.14. The van der Waals surface area contributed by atoms with E-state index in [2.05, 4.69) is 16.2 Å².